The zero-order valence-corrected chi connectivity index (χ0v) is 11.4. The Morgan fingerprint density at radius 3 is 2.19 bits per heavy atom. The molecule has 2 heterocycles. The summed E-state index contributed by atoms with van der Waals surface area (Å²) in [5, 5.41) is 13.1. The lowest BCUT2D eigenvalue weighted by Gasteiger charge is -2.03. The second kappa shape index (κ2) is 4.95. The summed E-state index contributed by atoms with van der Waals surface area (Å²) in [7, 11) is 0. The van der Waals surface area contributed by atoms with Crippen molar-refractivity contribution in [3.63, 3.8) is 0 Å². The Morgan fingerprint density at radius 2 is 1.81 bits per heavy atom. The lowest BCUT2D eigenvalue weighted by molar-refractivity contribution is -0.388. The van der Waals surface area contributed by atoms with Crippen LogP contribution in [0.4, 0.5) is 18.9 Å². The third kappa shape index (κ3) is 2.79. The minimum absolute atomic E-state index is 0.267. The molecule has 0 unspecified atom stereocenters. The van der Waals surface area contributed by atoms with E-state index in [0.717, 1.165) is 0 Å². The van der Waals surface area contributed by atoms with Crippen molar-refractivity contribution in [2.24, 2.45) is 0 Å². The van der Waals surface area contributed by atoms with Crippen molar-refractivity contribution >= 4 is 17.3 Å². The summed E-state index contributed by atoms with van der Waals surface area (Å²) in [6, 6.07) is 1.58. The molecule has 2 aromatic rings. The molecule has 0 aliphatic heterocycles. The second-order valence-corrected chi connectivity index (χ2v) is 4.46. The number of rotatable bonds is 2. The van der Waals surface area contributed by atoms with Crippen molar-refractivity contribution < 1.29 is 18.1 Å². The Hall–Kier alpha value is -2.23. The molecule has 0 bridgehead atoms. The normalized spacial score (nSPS) is 11.7. The molecule has 0 atom stereocenters. The fourth-order valence-corrected chi connectivity index (χ4v) is 1.95. The van der Waals surface area contributed by atoms with Crippen LogP contribution in [0.25, 0.3) is 5.95 Å². The van der Waals surface area contributed by atoms with Crippen molar-refractivity contribution in [1.82, 2.24) is 19.7 Å². The van der Waals surface area contributed by atoms with Crippen molar-refractivity contribution in [1.29, 1.82) is 0 Å². The summed E-state index contributed by atoms with van der Waals surface area (Å²) in [5.74, 6) is -0.267. The summed E-state index contributed by atoms with van der Waals surface area (Å²) in [5.41, 5.74) is -2.10. The highest BCUT2D eigenvalue weighted by Gasteiger charge is 2.45. The van der Waals surface area contributed by atoms with E-state index in [9.17, 15) is 23.3 Å². The van der Waals surface area contributed by atoms with Gasteiger partial charge in [0.05, 0.1) is 4.92 Å². The minimum atomic E-state index is -5.02. The van der Waals surface area contributed by atoms with Gasteiger partial charge < -0.3 is 0 Å². The lowest BCUT2D eigenvalue weighted by atomic mass is 10.3. The first-order valence-corrected chi connectivity index (χ1v) is 5.82. The molecular weight excluding hydrogens is 315 g/mol. The van der Waals surface area contributed by atoms with E-state index in [-0.39, 0.29) is 5.95 Å². The van der Waals surface area contributed by atoms with E-state index < -0.39 is 27.6 Å². The van der Waals surface area contributed by atoms with Gasteiger partial charge in [-0.25, -0.2) is 9.97 Å². The van der Waals surface area contributed by atoms with Crippen molar-refractivity contribution in [3.8, 4) is 5.95 Å². The average molecular weight is 322 g/mol. The number of alkyl halides is 3. The van der Waals surface area contributed by atoms with Crippen molar-refractivity contribution in [3.05, 3.63) is 38.4 Å². The summed E-state index contributed by atoms with van der Waals surface area (Å²) in [4.78, 5) is 17.3. The largest absolute Gasteiger partial charge is 0.442 e. The first kappa shape index (κ1) is 15.2. The minimum Gasteiger partial charge on any atom is -0.258 e. The monoisotopic (exact) mass is 321 g/mol. The van der Waals surface area contributed by atoms with Gasteiger partial charge in [0.15, 0.2) is 0 Å². The molecule has 0 spiro atoms. The molecule has 21 heavy (non-hydrogen) atoms. The first-order chi connectivity index (χ1) is 9.61. The molecule has 0 fully saturated rings. The predicted molar refractivity (Wildman–Crippen MR) is 65.3 cm³/mol. The summed E-state index contributed by atoms with van der Waals surface area (Å²) in [6.45, 7) is 3.18. The van der Waals surface area contributed by atoms with E-state index in [1.165, 1.54) is 0 Å². The number of aromatic nitrogens is 4. The summed E-state index contributed by atoms with van der Waals surface area (Å²) < 4.78 is 38.9. The van der Waals surface area contributed by atoms with E-state index in [0.29, 0.717) is 16.1 Å². The topological polar surface area (TPSA) is 86.7 Å². The van der Waals surface area contributed by atoms with Gasteiger partial charge in [-0.2, -0.15) is 23.0 Å². The molecule has 112 valence electrons. The number of hydrogen-bond donors (Lipinski definition) is 0. The smallest absolute Gasteiger partial charge is 0.258 e. The van der Waals surface area contributed by atoms with Gasteiger partial charge in [0.2, 0.25) is 10.8 Å². The van der Waals surface area contributed by atoms with Gasteiger partial charge in [0.25, 0.3) is 5.95 Å². The van der Waals surface area contributed by atoms with Crippen molar-refractivity contribution in [2.45, 2.75) is 20.0 Å². The molecule has 0 aliphatic rings. The highest BCUT2D eigenvalue weighted by molar-refractivity contribution is 6.32. The van der Waals surface area contributed by atoms with Gasteiger partial charge in [0, 0.05) is 11.4 Å². The third-order valence-corrected chi connectivity index (χ3v) is 2.76. The zero-order valence-electron chi connectivity index (χ0n) is 10.6. The molecule has 0 aliphatic carbocycles. The van der Waals surface area contributed by atoms with Crippen LogP contribution >= 0.6 is 11.6 Å². The predicted octanol–water partition coefficient (Wildman–Crippen LogP) is 2.86. The van der Waals surface area contributed by atoms with Gasteiger partial charge in [0.1, 0.15) is 0 Å². The summed E-state index contributed by atoms with van der Waals surface area (Å²) >= 11 is 5.65. The molecular formula is C10H7ClF3N5O2. The molecule has 0 saturated heterocycles. The quantitative estimate of drug-likeness (QED) is 0.627. The van der Waals surface area contributed by atoms with E-state index in [2.05, 4.69) is 15.1 Å². The lowest BCUT2D eigenvalue weighted by Crippen LogP contribution is -2.10. The molecule has 0 radical (unpaired) electrons. The fourth-order valence-electron chi connectivity index (χ4n) is 1.68. The maximum absolute atomic E-state index is 12.8. The van der Waals surface area contributed by atoms with E-state index in [1.54, 1.807) is 19.9 Å². The highest BCUT2D eigenvalue weighted by Crippen LogP contribution is 2.39. The number of aryl methyl sites for hydroxylation is 2. The number of hydrogen-bond acceptors (Lipinski definition) is 5. The van der Waals surface area contributed by atoms with Gasteiger partial charge >= 0.3 is 11.9 Å². The summed E-state index contributed by atoms with van der Waals surface area (Å²) in [6.07, 6.45) is -5.02. The van der Waals surface area contributed by atoms with Crippen LogP contribution in [0.3, 0.4) is 0 Å². The molecule has 0 saturated carbocycles. The van der Waals surface area contributed by atoms with Crippen LogP contribution < -0.4 is 0 Å². The van der Waals surface area contributed by atoms with E-state index in [4.69, 9.17) is 11.6 Å². The van der Waals surface area contributed by atoms with Gasteiger partial charge in [-0.15, -0.1) is 0 Å². The fraction of sp³-hybridized carbons (Fsp3) is 0.300. The van der Waals surface area contributed by atoms with Gasteiger partial charge in [-0.3, -0.25) is 10.1 Å². The molecule has 2 aromatic heterocycles. The van der Waals surface area contributed by atoms with Gasteiger partial charge in [-0.1, -0.05) is 11.6 Å². The van der Waals surface area contributed by atoms with Crippen LogP contribution in [0.15, 0.2) is 6.07 Å². The van der Waals surface area contributed by atoms with Crippen LogP contribution in [-0.2, 0) is 6.18 Å². The second-order valence-electron chi connectivity index (χ2n) is 4.11. The molecule has 11 heteroatoms. The number of nitrogens with zero attached hydrogens (tertiary/aromatic N) is 5. The Kier molecular flexibility index (Phi) is 3.58. The molecule has 0 aromatic carbocycles. The molecule has 2 rings (SSSR count). The third-order valence-electron chi connectivity index (χ3n) is 2.42. The SMILES string of the molecule is Cc1cc(C)nc(-n2nc(C(F)(F)F)c([N+](=O)[O-])c2Cl)n1. The maximum atomic E-state index is 12.8. The molecule has 7 nitrogen and oxygen atoms in total. The Morgan fingerprint density at radius 1 is 1.29 bits per heavy atom. The van der Waals surface area contributed by atoms with E-state index in [1.807, 2.05) is 0 Å². The van der Waals surface area contributed by atoms with Crippen molar-refractivity contribution in [2.75, 3.05) is 0 Å². The van der Waals surface area contributed by atoms with E-state index >= 15 is 0 Å². The Balaban J connectivity index is 2.74. The Labute approximate surface area is 120 Å². The zero-order chi connectivity index (χ0) is 15.9. The molecule has 0 amide bonds. The van der Waals surface area contributed by atoms with Crippen LogP contribution in [0.5, 0.6) is 0 Å². The van der Waals surface area contributed by atoms with Crippen LogP contribution in [0, 0.1) is 24.0 Å². The van der Waals surface area contributed by atoms with Crippen LogP contribution in [0.1, 0.15) is 17.1 Å². The average Bonchev–Trinajstić information content (AvgIpc) is 2.65. The number of nitro groups is 1. The van der Waals surface area contributed by atoms with Gasteiger partial charge in [-0.05, 0) is 19.9 Å². The highest BCUT2D eigenvalue weighted by atomic mass is 35.5. The molecule has 0 N–H and O–H groups in total. The van der Waals surface area contributed by atoms with Crippen LogP contribution in [0.2, 0.25) is 5.15 Å². The maximum Gasteiger partial charge on any atom is 0.442 e. The number of halogens is 4. The van der Waals surface area contributed by atoms with Crippen LogP contribution in [-0.4, -0.2) is 24.7 Å². The standard InChI is InChI=1S/C10H7ClF3N5O2/c1-4-3-5(2)16-9(15-4)18-8(11)6(19(20)21)7(17-18)10(12,13)14/h3H,1-2H3. The Bertz CT molecular complexity index is 708. The first-order valence-electron chi connectivity index (χ1n) is 5.44.